The van der Waals surface area contributed by atoms with Crippen molar-refractivity contribution in [3.63, 3.8) is 0 Å². The fourth-order valence-corrected chi connectivity index (χ4v) is 1.83. The molecule has 8 heteroatoms. The van der Waals surface area contributed by atoms with Crippen molar-refractivity contribution in [2.75, 3.05) is 0 Å². The average Bonchev–Trinajstić information content (AvgIpc) is 2.40. The molecule has 0 saturated carbocycles. The number of rotatable bonds is 2. The van der Waals surface area contributed by atoms with Gasteiger partial charge in [-0.1, -0.05) is 12.1 Å². The van der Waals surface area contributed by atoms with E-state index in [1.165, 1.54) is 0 Å². The van der Waals surface area contributed by atoms with E-state index in [1.807, 2.05) is 0 Å². The maximum absolute atomic E-state index is 13.7. The highest BCUT2D eigenvalue weighted by molar-refractivity contribution is 5.71. The molecule has 0 heterocycles. The summed E-state index contributed by atoms with van der Waals surface area (Å²) in [6.07, 6.45) is -4.86. The zero-order chi connectivity index (χ0) is 15.8. The van der Waals surface area contributed by atoms with Gasteiger partial charge in [0.1, 0.15) is 0 Å². The van der Waals surface area contributed by atoms with Crippen molar-refractivity contribution in [1.82, 2.24) is 0 Å². The molecule has 0 saturated heterocycles. The third-order valence-corrected chi connectivity index (χ3v) is 2.76. The third kappa shape index (κ3) is 2.83. The van der Waals surface area contributed by atoms with Gasteiger partial charge in [0, 0.05) is 23.3 Å². The van der Waals surface area contributed by atoms with Gasteiger partial charge in [0.15, 0.2) is 11.6 Å². The first kappa shape index (κ1) is 14.9. The fourth-order valence-electron chi connectivity index (χ4n) is 1.83. The highest BCUT2D eigenvalue weighted by Gasteiger charge is 2.35. The number of alkyl halides is 3. The minimum atomic E-state index is -4.86. The number of non-ortho nitro benzene ring substituents is 1. The molecule has 0 aliphatic rings. The first-order valence-corrected chi connectivity index (χ1v) is 5.52. The predicted molar refractivity (Wildman–Crippen MR) is 63.5 cm³/mol. The van der Waals surface area contributed by atoms with Crippen LogP contribution in [-0.4, -0.2) is 4.92 Å². The molecular weight excluding hydrogens is 297 g/mol. The van der Waals surface area contributed by atoms with Gasteiger partial charge in [0.05, 0.1) is 10.5 Å². The fraction of sp³-hybridized carbons (Fsp3) is 0.0769. The number of halogens is 5. The molecule has 110 valence electrons. The molecular formula is C13H6F5NO2. The summed E-state index contributed by atoms with van der Waals surface area (Å²) >= 11 is 0. The number of nitro groups is 1. The van der Waals surface area contributed by atoms with Gasteiger partial charge in [0.25, 0.3) is 5.69 Å². The van der Waals surface area contributed by atoms with Gasteiger partial charge in [-0.3, -0.25) is 10.1 Å². The second-order valence-corrected chi connectivity index (χ2v) is 4.09. The van der Waals surface area contributed by atoms with Crippen LogP contribution < -0.4 is 0 Å². The Kier molecular flexibility index (Phi) is 3.63. The van der Waals surface area contributed by atoms with E-state index < -0.39 is 45.1 Å². The quantitative estimate of drug-likeness (QED) is 0.464. The van der Waals surface area contributed by atoms with Gasteiger partial charge in [-0.15, -0.1) is 0 Å². The third-order valence-electron chi connectivity index (χ3n) is 2.76. The van der Waals surface area contributed by atoms with E-state index >= 15 is 0 Å². The second kappa shape index (κ2) is 5.12. The lowest BCUT2D eigenvalue weighted by Gasteiger charge is -2.13. The van der Waals surface area contributed by atoms with E-state index in [9.17, 15) is 32.1 Å². The molecule has 0 aromatic heterocycles. The molecule has 0 radical (unpaired) electrons. The summed E-state index contributed by atoms with van der Waals surface area (Å²) in [4.78, 5) is 9.74. The Morgan fingerprint density at radius 1 is 1.00 bits per heavy atom. The van der Waals surface area contributed by atoms with E-state index in [0.717, 1.165) is 18.2 Å². The summed E-state index contributed by atoms with van der Waals surface area (Å²) in [5.74, 6) is -2.84. The van der Waals surface area contributed by atoms with Gasteiger partial charge < -0.3 is 0 Å². The van der Waals surface area contributed by atoms with Crippen LogP contribution in [0.15, 0.2) is 36.4 Å². The Hall–Kier alpha value is -2.51. The molecule has 0 aliphatic carbocycles. The van der Waals surface area contributed by atoms with Gasteiger partial charge >= 0.3 is 6.18 Å². The smallest absolute Gasteiger partial charge is 0.258 e. The molecule has 2 rings (SSSR count). The Bertz CT molecular complexity index is 712. The van der Waals surface area contributed by atoms with Crippen LogP contribution in [0.1, 0.15) is 5.56 Å². The lowest BCUT2D eigenvalue weighted by molar-refractivity contribution is -0.384. The van der Waals surface area contributed by atoms with Crippen molar-refractivity contribution < 1.29 is 26.9 Å². The van der Waals surface area contributed by atoms with Gasteiger partial charge in [0.2, 0.25) is 0 Å². The highest BCUT2D eigenvalue weighted by Crippen LogP contribution is 2.39. The minimum Gasteiger partial charge on any atom is -0.258 e. The van der Waals surface area contributed by atoms with Crippen molar-refractivity contribution in [1.29, 1.82) is 0 Å². The minimum absolute atomic E-state index is 0.470. The average molecular weight is 303 g/mol. The van der Waals surface area contributed by atoms with Crippen molar-refractivity contribution in [3.05, 3.63) is 63.7 Å². The maximum atomic E-state index is 13.7. The normalized spacial score (nSPS) is 11.5. The van der Waals surface area contributed by atoms with E-state index in [1.54, 1.807) is 0 Å². The van der Waals surface area contributed by atoms with Crippen LogP contribution in [0.3, 0.4) is 0 Å². The van der Waals surface area contributed by atoms with Gasteiger partial charge in [-0.05, 0) is 12.1 Å². The van der Waals surface area contributed by atoms with E-state index in [0.29, 0.717) is 18.2 Å². The molecule has 0 N–H and O–H groups in total. The molecule has 0 aliphatic heterocycles. The molecule has 0 bridgehead atoms. The van der Waals surface area contributed by atoms with Crippen LogP contribution >= 0.6 is 0 Å². The Labute approximate surface area is 114 Å². The molecule has 21 heavy (non-hydrogen) atoms. The first-order valence-electron chi connectivity index (χ1n) is 5.52. The van der Waals surface area contributed by atoms with Crippen LogP contribution in [0.2, 0.25) is 0 Å². The molecule has 0 fully saturated rings. The number of hydrogen-bond acceptors (Lipinski definition) is 2. The topological polar surface area (TPSA) is 43.1 Å². The molecule has 0 unspecified atom stereocenters. The summed E-state index contributed by atoms with van der Waals surface area (Å²) < 4.78 is 65.6. The monoisotopic (exact) mass is 303 g/mol. The standard InChI is InChI=1S/C13H6F5NO2/c14-11-3-1-2-8(12(11)15)9-6-7(19(20)21)4-5-10(9)13(16,17)18/h1-6H. The lowest BCUT2D eigenvalue weighted by Crippen LogP contribution is -2.08. The van der Waals surface area contributed by atoms with Crippen LogP contribution in [-0.2, 0) is 6.18 Å². The zero-order valence-electron chi connectivity index (χ0n) is 10.1. The molecule has 0 atom stereocenters. The van der Waals surface area contributed by atoms with Crippen molar-refractivity contribution in [3.8, 4) is 11.1 Å². The molecule has 3 nitrogen and oxygen atoms in total. The Morgan fingerprint density at radius 2 is 1.67 bits per heavy atom. The van der Waals surface area contributed by atoms with E-state index in [4.69, 9.17) is 0 Å². The number of nitrogens with zero attached hydrogens (tertiary/aromatic N) is 1. The zero-order valence-corrected chi connectivity index (χ0v) is 10.1. The van der Waals surface area contributed by atoms with E-state index in [2.05, 4.69) is 0 Å². The summed E-state index contributed by atoms with van der Waals surface area (Å²) in [6.45, 7) is 0. The number of hydrogen-bond donors (Lipinski definition) is 0. The van der Waals surface area contributed by atoms with Crippen LogP contribution in [0.25, 0.3) is 11.1 Å². The van der Waals surface area contributed by atoms with Gasteiger partial charge in [-0.2, -0.15) is 13.2 Å². The van der Waals surface area contributed by atoms with Crippen molar-refractivity contribution in [2.45, 2.75) is 6.18 Å². The SMILES string of the molecule is O=[N+]([O-])c1ccc(C(F)(F)F)c(-c2cccc(F)c2F)c1. The number of nitro benzene ring substituents is 1. The van der Waals surface area contributed by atoms with Gasteiger partial charge in [-0.25, -0.2) is 8.78 Å². The van der Waals surface area contributed by atoms with Crippen LogP contribution in [0.5, 0.6) is 0 Å². The molecule has 0 spiro atoms. The highest BCUT2D eigenvalue weighted by atomic mass is 19.4. The molecule has 2 aromatic carbocycles. The Balaban J connectivity index is 2.78. The lowest BCUT2D eigenvalue weighted by atomic mass is 9.98. The first-order chi connectivity index (χ1) is 9.71. The van der Waals surface area contributed by atoms with Crippen molar-refractivity contribution in [2.24, 2.45) is 0 Å². The second-order valence-electron chi connectivity index (χ2n) is 4.09. The summed E-state index contributed by atoms with van der Waals surface area (Å²) in [7, 11) is 0. The summed E-state index contributed by atoms with van der Waals surface area (Å²) in [5.41, 5.74) is -3.40. The summed E-state index contributed by atoms with van der Waals surface area (Å²) in [6, 6.07) is 4.38. The Morgan fingerprint density at radius 3 is 2.24 bits per heavy atom. The summed E-state index contributed by atoms with van der Waals surface area (Å²) in [5, 5.41) is 10.7. The van der Waals surface area contributed by atoms with Crippen molar-refractivity contribution >= 4 is 5.69 Å². The largest absolute Gasteiger partial charge is 0.417 e. The van der Waals surface area contributed by atoms with Crippen LogP contribution in [0.4, 0.5) is 27.6 Å². The maximum Gasteiger partial charge on any atom is 0.417 e. The molecule has 0 amide bonds. The van der Waals surface area contributed by atoms with Crippen LogP contribution in [0, 0.1) is 21.7 Å². The predicted octanol–water partition coefficient (Wildman–Crippen LogP) is 4.56. The molecule has 2 aromatic rings. The van der Waals surface area contributed by atoms with E-state index in [-0.39, 0.29) is 0 Å². The number of benzene rings is 2.